The van der Waals surface area contributed by atoms with Gasteiger partial charge in [-0.2, -0.15) is 0 Å². The molecule has 0 fully saturated rings. The van der Waals surface area contributed by atoms with E-state index < -0.39 is 0 Å². The van der Waals surface area contributed by atoms with Crippen molar-refractivity contribution in [3.63, 3.8) is 0 Å². The highest BCUT2D eigenvalue weighted by Gasteiger charge is 2.13. The van der Waals surface area contributed by atoms with Gasteiger partial charge in [0.05, 0.1) is 7.11 Å². The third-order valence-electron chi connectivity index (χ3n) is 3.64. The molecular weight excluding hydrogens is 325 g/mol. The van der Waals surface area contributed by atoms with E-state index in [1.807, 2.05) is 30.3 Å². The van der Waals surface area contributed by atoms with E-state index in [1.165, 1.54) is 6.07 Å². The molecule has 0 saturated carbocycles. The van der Waals surface area contributed by atoms with Crippen LogP contribution >= 0.6 is 11.8 Å². The van der Waals surface area contributed by atoms with Gasteiger partial charge < -0.3 is 9.30 Å². The molecule has 6 heteroatoms. The van der Waals surface area contributed by atoms with Crippen molar-refractivity contribution in [1.29, 1.82) is 0 Å². The highest BCUT2D eigenvalue weighted by Crippen LogP contribution is 2.27. The van der Waals surface area contributed by atoms with Crippen LogP contribution in [0.15, 0.2) is 53.7 Å². The van der Waals surface area contributed by atoms with E-state index in [2.05, 4.69) is 21.7 Å². The number of benzene rings is 2. The Morgan fingerprint density at radius 1 is 1.12 bits per heavy atom. The topological polar surface area (TPSA) is 39.9 Å². The molecule has 1 aromatic heterocycles. The number of methoxy groups -OCH3 is 1. The second kappa shape index (κ2) is 7.49. The van der Waals surface area contributed by atoms with Crippen LogP contribution in [0.5, 0.6) is 5.75 Å². The lowest BCUT2D eigenvalue weighted by molar-refractivity contribution is 0.415. The quantitative estimate of drug-likeness (QED) is 0.622. The maximum atomic E-state index is 13.3. The largest absolute Gasteiger partial charge is 0.497 e. The predicted molar refractivity (Wildman–Crippen MR) is 93.6 cm³/mol. The Kier molecular flexibility index (Phi) is 5.15. The zero-order valence-electron chi connectivity index (χ0n) is 13.6. The fourth-order valence-electron chi connectivity index (χ4n) is 2.41. The monoisotopic (exact) mass is 343 g/mol. The average molecular weight is 343 g/mol. The maximum Gasteiger partial charge on any atom is 0.191 e. The average Bonchev–Trinajstić information content (AvgIpc) is 3.03. The van der Waals surface area contributed by atoms with Crippen molar-refractivity contribution in [2.45, 2.75) is 24.4 Å². The third-order valence-corrected chi connectivity index (χ3v) is 4.68. The van der Waals surface area contributed by atoms with Crippen molar-refractivity contribution >= 4 is 11.8 Å². The molecule has 0 spiro atoms. The number of thioether (sulfide) groups is 1. The van der Waals surface area contributed by atoms with Crippen LogP contribution in [0.3, 0.4) is 0 Å². The summed E-state index contributed by atoms with van der Waals surface area (Å²) in [6, 6.07) is 14.4. The normalized spacial score (nSPS) is 10.8. The highest BCUT2D eigenvalue weighted by atomic mass is 32.2. The van der Waals surface area contributed by atoms with Crippen molar-refractivity contribution in [3.05, 3.63) is 59.9 Å². The lowest BCUT2D eigenvalue weighted by atomic mass is 10.2. The fourth-order valence-corrected chi connectivity index (χ4v) is 3.35. The Hall–Kier alpha value is -2.34. The van der Waals surface area contributed by atoms with Crippen molar-refractivity contribution in [1.82, 2.24) is 14.8 Å². The second-order valence-electron chi connectivity index (χ2n) is 5.20. The van der Waals surface area contributed by atoms with Crippen molar-refractivity contribution in [2.24, 2.45) is 0 Å². The Bertz CT molecular complexity index is 817. The van der Waals surface area contributed by atoms with Gasteiger partial charge in [-0.05, 0) is 48.9 Å². The van der Waals surface area contributed by atoms with Crippen LogP contribution in [0.1, 0.15) is 12.5 Å². The lowest BCUT2D eigenvalue weighted by Crippen LogP contribution is -2.00. The molecular formula is C18H18FN3OS. The fraction of sp³-hybridized carbons (Fsp3) is 0.222. The Morgan fingerprint density at radius 2 is 1.92 bits per heavy atom. The number of aromatic nitrogens is 3. The molecule has 0 N–H and O–H groups in total. The smallest absolute Gasteiger partial charge is 0.191 e. The van der Waals surface area contributed by atoms with E-state index in [9.17, 15) is 4.39 Å². The van der Waals surface area contributed by atoms with Gasteiger partial charge in [-0.25, -0.2) is 4.39 Å². The standard InChI is InChI=1S/C18H18FN3OS/c1-3-22-17(14-7-9-16(23-2)10-8-14)20-21-18(22)24-12-13-5-4-6-15(19)11-13/h4-11H,3,12H2,1-2H3. The molecule has 4 nitrogen and oxygen atoms in total. The Balaban J connectivity index is 1.81. The summed E-state index contributed by atoms with van der Waals surface area (Å²) in [7, 11) is 1.64. The summed E-state index contributed by atoms with van der Waals surface area (Å²) in [4.78, 5) is 0. The Labute approximate surface area is 144 Å². The summed E-state index contributed by atoms with van der Waals surface area (Å²) in [5.41, 5.74) is 1.92. The molecule has 0 atom stereocenters. The van der Waals surface area contributed by atoms with Crippen molar-refractivity contribution in [2.75, 3.05) is 7.11 Å². The van der Waals surface area contributed by atoms with Crippen LogP contribution in [0.4, 0.5) is 4.39 Å². The highest BCUT2D eigenvalue weighted by molar-refractivity contribution is 7.98. The van der Waals surface area contributed by atoms with Gasteiger partial charge in [0.25, 0.3) is 0 Å². The molecule has 3 aromatic rings. The van der Waals surface area contributed by atoms with E-state index in [-0.39, 0.29) is 5.82 Å². The predicted octanol–water partition coefficient (Wildman–Crippen LogP) is 4.41. The van der Waals surface area contributed by atoms with Crippen LogP contribution in [0, 0.1) is 5.82 Å². The molecule has 0 aliphatic carbocycles. The summed E-state index contributed by atoms with van der Waals surface area (Å²) < 4.78 is 20.5. The molecule has 0 bridgehead atoms. The first-order valence-corrected chi connectivity index (χ1v) is 8.64. The van der Waals surface area contributed by atoms with E-state index in [4.69, 9.17) is 4.74 Å². The minimum atomic E-state index is -0.219. The van der Waals surface area contributed by atoms with Crippen LogP contribution in [-0.2, 0) is 12.3 Å². The van der Waals surface area contributed by atoms with Gasteiger partial charge in [0, 0.05) is 17.9 Å². The second-order valence-corrected chi connectivity index (χ2v) is 6.14. The number of hydrogen-bond acceptors (Lipinski definition) is 4. The lowest BCUT2D eigenvalue weighted by Gasteiger charge is -2.08. The van der Waals surface area contributed by atoms with Crippen LogP contribution in [-0.4, -0.2) is 21.9 Å². The third kappa shape index (κ3) is 3.59. The van der Waals surface area contributed by atoms with Gasteiger partial charge in [0.2, 0.25) is 0 Å². The number of ether oxygens (including phenoxy) is 1. The van der Waals surface area contributed by atoms with Gasteiger partial charge >= 0.3 is 0 Å². The van der Waals surface area contributed by atoms with Crippen molar-refractivity contribution in [3.8, 4) is 17.1 Å². The van der Waals surface area contributed by atoms with Gasteiger partial charge in [-0.1, -0.05) is 23.9 Å². The molecule has 24 heavy (non-hydrogen) atoms. The summed E-state index contributed by atoms with van der Waals surface area (Å²) in [6.45, 7) is 2.82. The summed E-state index contributed by atoms with van der Waals surface area (Å²) in [5, 5.41) is 9.44. The van der Waals surface area contributed by atoms with E-state index in [1.54, 1.807) is 31.0 Å². The first-order valence-electron chi connectivity index (χ1n) is 7.66. The molecule has 0 aliphatic rings. The first kappa shape index (κ1) is 16.5. The molecule has 1 heterocycles. The molecule has 0 saturated heterocycles. The molecule has 3 rings (SSSR count). The van der Waals surface area contributed by atoms with E-state index in [0.717, 1.165) is 34.4 Å². The number of hydrogen-bond donors (Lipinski definition) is 0. The van der Waals surface area contributed by atoms with Gasteiger partial charge in [0.15, 0.2) is 11.0 Å². The van der Waals surface area contributed by atoms with Gasteiger partial charge in [-0.3, -0.25) is 0 Å². The Morgan fingerprint density at radius 3 is 2.58 bits per heavy atom. The van der Waals surface area contributed by atoms with Crippen LogP contribution < -0.4 is 4.74 Å². The van der Waals surface area contributed by atoms with Crippen LogP contribution in [0.25, 0.3) is 11.4 Å². The molecule has 124 valence electrons. The summed E-state index contributed by atoms with van der Waals surface area (Å²) >= 11 is 1.55. The molecule has 0 aliphatic heterocycles. The molecule has 0 radical (unpaired) electrons. The first-order chi connectivity index (χ1) is 11.7. The van der Waals surface area contributed by atoms with Gasteiger partial charge in [0.1, 0.15) is 11.6 Å². The summed E-state index contributed by atoms with van der Waals surface area (Å²) in [6.07, 6.45) is 0. The number of rotatable bonds is 6. The summed E-state index contributed by atoms with van der Waals surface area (Å²) in [5.74, 6) is 2.06. The molecule has 2 aromatic carbocycles. The molecule has 0 amide bonds. The van der Waals surface area contributed by atoms with Crippen LogP contribution in [0.2, 0.25) is 0 Å². The van der Waals surface area contributed by atoms with Crippen molar-refractivity contribution < 1.29 is 9.13 Å². The maximum absolute atomic E-state index is 13.3. The van der Waals surface area contributed by atoms with E-state index in [0.29, 0.717) is 5.75 Å². The van der Waals surface area contributed by atoms with Gasteiger partial charge in [-0.15, -0.1) is 10.2 Å². The minimum absolute atomic E-state index is 0.219. The minimum Gasteiger partial charge on any atom is -0.497 e. The SMILES string of the molecule is CCn1c(SCc2cccc(F)c2)nnc1-c1ccc(OC)cc1. The zero-order chi connectivity index (χ0) is 16.9. The molecule has 0 unspecified atom stereocenters. The number of nitrogens with zero attached hydrogens (tertiary/aromatic N) is 3. The van der Waals surface area contributed by atoms with E-state index >= 15 is 0 Å². The number of halogens is 1. The zero-order valence-corrected chi connectivity index (χ0v) is 14.4.